The lowest BCUT2D eigenvalue weighted by atomic mass is 9.76. The molecule has 0 bridgehead atoms. The monoisotopic (exact) mass is 401 g/mol. The first-order chi connectivity index (χ1) is 13.3. The maximum absolute atomic E-state index is 12.2. The Balaban J connectivity index is 1.50. The first-order valence-electron chi connectivity index (χ1n) is 9.62. The molecule has 150 valence electrons. The molecule has 0 aliphatic carbocycles. The Morgan fingerprint density at radius 2 is 1.82 bits per heavy atom. The Kier molecular flexibility index (Phi) is 5.11. The van der Waals surface area contributed by atoms with E-state index in [-0.39, 0.29) is 11.4 Å². The van der Waals surface area contributed by atoms with Crippen molar-refractivity contribution in [1.82, 2.24) is 19.2 Å². The quantitative estimate of drug-likeness (QED) is 0.786. The summed E-state index contributed by atoms with van der Waals surface area (Å²) >= 11 is 0. The molecule has 0 amide bonds. The standard InChI is InChI=1S/C20H27N5O2S/c1-28(26,27)25-13-18-12-24(11-17-9-22-19(21)23-10-17)14-20(18,15-25)8-7-16-5-3-2-4-6-16/h2-6,9-10,18H,7-8,11-15H2,1H3,(H2,21,22,23). The van der Waals surface area contributed by atoms with Crippen LogP contribution in [0.1, 0.15) is 17.5 Å². The average molecular weight is 402 g/mol. The highest BCUT2D eigenvalue weighted by atomic mass is 32.2. The first-order valence-corrected chi connectivity index (χ1v) is 11.5. The normalized spacial score (nSPS) is 25.8. The fourth-order valence-corrected chi connectivity index (χ4v) is 5.66. The second kappa shape index (κ2) is 7.42. The van der Waals surface area contributed by atoms with Crippen LogP contribution in [-0.2, 0) is 23.0 Å². The van der Waals surface area contributed by atoms with Gasteiger partial charge in [0.2, 0.25) is 16.0 Å². The van der Waals surface area contributed by atoms with E-state index in [9.17, 15) is 8.42 Å². The minimum absolute atomic E-state index is 0.00636. The number of fused-ring (bicyclic) bond motifs is 1. The van der Waals surface area contributed by atoms with E-state index < -0.39 is 10.0 Å². The van der Waals surface area contributed by atoms with Crippen molar-refractivity contribution < 1.29 is 8.42 Å². The second-order valence-electron chi connectivity index (χ2n) is 8.22. The van der Waals surface area contributed by atoms with Crippen molar-refractivity contribution in [2.75, 3.05) is 38.2 Å². The molecule has 2 N–H and O–H groups in total. The van der Waals surface area contributed by atoms with Gasteiger partial charge in [0.25, 0.3) is 0 Å². The van der Waals surface area contributed by atoms with Gasteiger partial charge in [0, 0.05) is 56.1 Å². The van der Waals surface area contributed by atoms with Crippen LogP contribution >= 0.6 is 0 Å². The van der Waals surface area contributed by atoms with Gasteiger partial charge in [0.05, 0.1) is 6.26 Å². The smallest absolute Gasteiger partial charge is 0.219 e. The minimum atomic E-state index is -3.17. The number of hydrogen-bond donors (Lipinski definition) is 1. The van der Waals surface area contributed by atoms with Gasteiger partial charge >= 0.3 is 0 Å². The van der Waals surface area contributed by atoms with Gasteiger partial charge in [-0.2, -0.15) is 0 Å². The predicted molar refractivity (Wildman–Crippen MR) is 109 cm³/mol. The summed E-state index contributed by atoms with van der Waals surface area (Å²) in [4.78, 5) is 10.6. The van der Waals surface area contributed by atoms with Gasteiger partial charge in [-0.15, -0.1) is 0 Å². The van der Waals surface area contributed by atoms with Gasteiger partial charge in [-0.1, -0.05) is 30.3 Å². The molecule has 28 heavy (non-hydrogen) atoms. The molecular weight excluding hydrogens is 374 g/mol. The fraction of sp³-hybridized carbons (Fsp3) is 0.500. The molecule has 2 atom stereocenters. The van der Waals surface area contributed by atoms with Crippen LogP contribution in [0.25, 0.3) is 0 Å². The molecule has 0 saturated carbocycles. The van der Waals surface area contributed by atoms with Crippen molar-refractivity contribution in [3.63, 3.8) is 0 Å². The lowest BCUT2D eigenvalue weighted by Crippen LogP contribution is -2.36. The van der Waals surface area contributed by atoms with Gasteiger partial charge in [0.1, 0.15) is 0 Å². The summed E-state index contributed by atoms with van der Waals surface area (Å²) in [6, 6.07) is 10.4. The van der Waals surface area contributed by atoms with Crippen LogP contribution in [0.15, 0.2) is 42.7 Å². The molecular formula is C20H27N5O2S. The average Bonchev–Trinajstić information content (AvgIpc) is 3.17. The van der Waals surface area contributed by atoms with Crippen LogP contribution in [0.4, 0.5) is 5.95 Å². The lowest BCUT2D eigenvalue weighted by molar-refractivity contribution is 0.224. The number of anilines is 1. The van der Waals surface area contributed by atoms with Crippen molar-refractivity contribution >= 4 is 16.0 Å². The summed E-state index contributed by atoms with van der Waals surface area (Å²) < 4.78 is 26.0. The van der Waals surface area contributed by atoms with Gasteiger partial charge in [-0.25, -0.2) is 22.7 Å². The maximum atomic E-state index is 12.2. The van der Waals surface area contributed by atoms with Gasteiger partial charge < -0.3 is 5.73 Å². The molecule has 2 saturated heterocycles. The van der Waals surface area contributed by atoms with Crippen LogP contribution < -0.4 is 5.73 Å². The molecule has 1 aromatic carbocycles. The zero-order chi connectivity index (χ0) is 19.8. The van der Waals surface area contributed by atoms with Crippen LogP contribution in [0.5, 0.6) is 0 Å². The Morgan fingerprint density at radius 3 is 2.50 bits per heavy atom. The van der Waals surface area contributed by atoms with E-state index in [1.807, 2.05) is 6.07 Å². The summed E-state index contributed by atoms with van der Waals surface area (Å²) in [5.74, 6) is 0.630. The number of nitrogens with zero attached hydrogens (tertiary/aromatic N) is 4. The Bertz CT molecular complexity index is 919. The maximum Gasteiger partial charge on any atom is 0.219 e. The zero-order valence-electron chi connectivity index (χ0n) is 16.2. The molecule has 4 rings (SSSR count). The second-order valence-corrected chi connectivity index (χ2v) is 10.2. The van der Waals surface area contributed by atoms with Crippen LogP contribution in [0.2, 0.25) is 0 Å². The number of likely N-dealkylation sites (tertiary alicyclic amines) is 1. The minimum Gasteiger partial charge on any atom is -0.368 e. The molecule has 0 radical (unpaired) electrons. The first kappa shape index (κ1) is 19.3. The number of aryl methyl sites for hydroxylation is 1. The molecule has 2 aliphatic rings. The molecule has 2 unspecified atom stereocenters. The summed E-state index contributed by atoms with van der Waals surface area (Å²) in [7, 11) is -3.17. The van der Waals surface area contributed by atoms with Gasteiger partial charge in [-0.3, -0.25) is 4.90 Å². The zero-order valence-corrected chi connectivity index (χ0v) is 17.0. The number of rotatable bonds is 6. The van der Waals surface area contributed by atoms with Crippen LogP contribution in [0.3, 0.4) is 0 Å². The number of aromatic nitrogens is 2. The van der Waals surface area contributed by atoms with E-state index in [4.69, 9.17) is 5.73 Å². The third kappa shape index (κ3) is 4.04. The number of nitrogen functional groups attached to an aromatic ring is 1. The van der Waals surface area contributed by atoms with E-state index in [1.165, 1.54) is 11.8 Å². The van der Waals surface area contributed by atoms with Crippen molar-refractivity contribution in [3.05, 3.63) is 53.9 Å². The molecule has 7 nitrogen and oxygen atoms in total. The van der Waals surface area contributed by atoms with Gasteiger partial charge in [0.15, 0.2) is 0 Å². The molecule has 3 heterocycles. The molecule has 2 aromatic rings. The molecule has 2 fully saturated rings. The molecule has 8 heteroatoms. The van der Waals surface area contributed by atoms with E-state index in [0.717, 1.165) is 38.0 Å². The van der Waals surface area contributed by atoms with Gasteiger partial charge in [-0.05, 0) is 24.3 Å². The third-order valence-corrected chi connectivity index (χ3v) is 7.37. The van der Waals surface area contributed by atoms with E-state index in [0.29, 0.717) is 19.0 Å². The molecule has 1 aromatic heterocycles. The highest BCUT2D eigenvalue weighted by Gasteiger charge is 2.53. The summed E-state index contributed by atoms with van der Waals surface area (Å²) in [5, 5.41) is 0. The SMILES string of the molecule is CS(=O)(=O)N1CC2CN(Cc3cnc(N)nc3)CC2(CCc2ccccc2)C1. The Morgan fingerprint density at radius 1 is 1.11 bits per heavy atom. The molecule has 2 aliphatic heterocycles. The van der Waals surface area contributed by atoms with E-state index >= 15 is 0 Å². The van der Waals surface area contributed by atoms with Crippen LogP contribution in [0, 0.1) is 11.3 Å². The lowest BCUT2D eigenvalue weighted by Gasteiger charge is -2.29. The largest absolute Gasteiger partial charge is 0.368 e. The molecule has 0 spiro atoms. The Labute approximate surface area is 166 Å². The van der Waals surface area contributed by atoms with E-state index in [2.05, 4.69) is 39.1 Å². The summed E-state index contributed by atoms with van der Waals surface area (Å²) in [6.45, 7) is 3.77. The van der Waals surface area contributed by atoms with Crippen molar-refractivity contribution in [2.45, 2.75) is 19.4 Å². The highest BCUT2D eigenvalue weighted by Crippen LogP contribution is 2.46. The number of hydrogen-bond acceptors (Lipinski definition) is 6. The number of sulfonamides is 1. The van der Waals surface area contributed by atoms with Crippen molar-refractivity contribution in [3.8, 4) is 0 Å². The van der Waals surface area contributed by atoms with Crippen molar-refractivity contribution in [2.24, 2.45) is 11.3 Å². The fourth-order valence-electron chi connectivity index (χ4n) is 4.71. The summed E-state index contributed by atoms with van der Waals surface area (Å²) in [5.41, 5.74) is 7.92. The third-order valence-electron chi connectivity index (χ3n) is 6.15. The summed E-state index contributed by atoms with van der Waals surface area (Å²) in [6.07, 6.45) is 6.82. The van der Waals surface area contributed by atoms with E-state index in [1.54, 1.807) is 16.7 Å². The highest BCUT2D eigenvalue weighted by molar-refractivity contribution is 7.88. The Hall–Kier alpha value is -2.03. The number of benzene rings is 1. The van der Waals surface area contributed by atoms with Crippen molar-refractivity contribution in [1.29, 1.82) is 0 Å². The van der Waals surface area contributed by atoms with Crippen LogP contribution in [-0.4, -0.2) is 60.0 Å². The predicted octanol–water partition coefficient (Wildman–Crippen LogP) is 1.39. The number of nitrogens with two attached hydrogens (primary N) is 1. The topological polar surface area (TPSA) is 92.4 Å².